The number of hydrogen-bond acceptors (Lipinski definition) is 3. The SMILES string of the molecule is CSC[C@](C)(O)CNC(=O)c1ccc(Cl)cc1. The fourth-order valence-electron chi connectivity index (χ4n) is 1.34. The van der Waals surface area contributed by atoms with Crippen molar-refractivity contribution in [2.24, 2.45) is 0 Å². The van der Waals surface area contributed by atoms with Gasteiger partial charge in [0.2, 0.25) is 0 Å². The number of amides is 1. The lowest BCUT2D eigenvalue weighted by Gasteiger charge is -2.22. The highest BCUT2D eigenvalue weighted by Gasteiger charge is 2.20. The number of hydrogen-bond donors (Lipinski definition) is 2. The van der Waals surface area contributed by atoms with Gasteiger partial charge < -0.3 is 10.4 Å². The van der Waals surface area contributed by atoms with Gasteiger partial charge in [-0.15, -0.1) is 0 Å². The van der Waals surface area contributed by atoms with E-state index < -0.39 is 5.60 Å². The molecule has 1 aromatic rings. The molecule has 5 heteroatoms. The molecule has 3 nitrogen and oxygen atoms in total. The van der Waals surface area contributed by atoms with Crippen LogP contribution in [0.15, 0.2) is 24.3 Å². The van der Waals surface area contributed by atoms with E-state index in [4.69, 9.17) is 11.6 Å². The number of aliphatic hydroxyl groups is 1. The number of rotatable bonds is 5. The maximum Gasteiger partial charge on any atom is 0.251 e. The normalized spacial score (nSPS) is 14.1. The van der Waals surface area contributed by atoms with E-state index in [0.29, 0.717) is 16.3 Å². The highest BCUT2D eigenvalue weighted by atomic mass is 35.5. The molecule has 94 valence electrons. The average molecular weight is 274 g/mol. The summed E-state index contributed by atoms with van der Waals surface area (Å²) in [4.78, 5) is 11.7. The van der Waals surface area contributed by atoms with Crippen molar-refractivity contribution >= 4 is 29.3 Å². The molecule has 1 aromatic carbocycles. The van der Waals surface area contributed by atoms with Gasteiger partial charge in [-0.1, -0.05) is 11.6 Å². The van der Waals surface area contributed by atoms with Crippen LogP contribution in [0.2, 0.25) is 5.02 Å². The molecule has 2 N–H and O–H groups in total. The third-order valence-electron chi connectivity index (χ3n) is 2.19. The number of carbonyl (C=O) groups is 1. The fourth-order valence-corrected chi connectivity index (χ4v) is 2.19. The Balaban J connectivity index is 2.53. The Hall–Kier alpha value is -0.710. The topological polar surface area (TPSA) is 49.3 Å². The van der Waals surface area contributed by atoms with Gasteiger partial charge in [-0.25, -0.2) is 0 Å². The molecule has 0 saturated carbocycles. The van der Waals surface area contributed by atoms with Gasteiger partial charge in [0.15, 0.2) is 0 Å². The summed E-state index contributed by atoms with van der Waals surface area (Å²) in [5.41, 5.74) is -0.351. The Bertz CT molecular complexity index is 379. The highest BCUT2D eigenvalue weighted by molar-refractivity contribution is 7.98. The van der Waals surface area contributed by atoms with Crippen molar-refractivity contribution in [2.75, 3.05) is 18.6 Å². The van der Waals surface area contributed by atoms with Crippen LogP contribution in [0, 0.1) is 0 Å². The van der Waals surface area contributed by atoms with E-state index in [9.17, 15) is 9.90 Å². The lowest BCUT2D eigenvalue weighted by atomic mass is 10.1. The number of halogens is 1. The lowest BCUT2D eigenvalue weighted by molar-refractivity contribution is 0.0725. The second-order valence-corrected chi connectivity index (χ2v) is 5.42. The van der Waals surface area contributed by atoms with Gasteiger partial charge in [0.25, 0.3) is 5.91 Å². The predicted molar refractivity (Wildman–Crippen MR) is 72.8 cm³/mol. The second-order valence-electron chi connectivity index (χ2n) is 4.12. The van der Waals surface area contributed by atoms with Crippen molar-refractivity contribution < 1.29 is 9.90 Å². The first-order chi connectivity index (χ1) is 7.94. The quantitative estimate of drug-likeness (QED) is 0.865. The molecule has 0 aliphatic rings. The Labute approximate surface area is 111 Å². The van der Waals surface area contributed by atoms with E-state index in [1.54, 1.807) is 31.2 Å². The average Bonchev–Trinajstić information content (AvgIpc) is 2.27. The van der Waals surface area contributed by atoms with E-state index in [1.807, 2.05) is 6.26 Å². The summed E-state index contributed by atoms with van der Waals surface area (Å²) < 4.78 is 0. The molecule has 0 bridgehead atoms. The van der Waals surface area contributed by atoms with E-state index >= 15 is 0 Å². The maximum absolute atomic E-state index is 11.7. The minimum atomic E-state index is -0.887. The van der Waals surface area contributed by atoms with Crippen LogP contribution in [0.1, 0.15) is 17.3 Å². The van der Waals surface area contributed by atoms with Gasteiger partial charge in [-0.2, -0.15) is 11.8 Å². The van der Waals surface area contributed by atoms with Gasteiger partial charge in [-0.05, 0) is 37.4 Å². The Kier molecular flexibility index (Phi) is 5.31. The molecule has 0 aliphatic heterocycles. The molecule has 0 spiro atoms. The summed E-state index contributed by atoms with van der Waals surface area (Å²) in [6.07, 6.45) is 1.91. The number of nitrogens with one attached hydrogen (secondary N) is 1. The number of thioether (sulfide) groups is 1. The van der Waals surface area contributed by atoms with Crippen LogP contribution < -0.4 is 5.32 Å². The summed E-state index contributed by atoms with van der Waals surface area (Å²) >= 11 is 7.27. The molecule has 0 aromatic heterocycles. The zero-order valence-corrected chi connectivity index (χ0v) is 11.4. The molecule has 0 radical (unpaired) electrons. The number of carbonyl (C=O) groups excluding carboxylic acids is 1. The van der Waals surface area contributed by atoms with Gasteiger partial charge in [0.1, 0.15) is 0 Å². The van der Waals surface area contributed by atoms with Crippen LogP contribution in [0.25, 0.3) is 0 Å². The summed E-state index contributed by atoms with van der Waals surface area (Å²) in [6.45, 7) is 1.93. The Morgan fingerprint density at radius 1 is 1.47 bits per heavy atom. The predicted octanol–water partition coefficient (Wildman–Crippen LogP) is 2.18. The zero-order chi connectivity index (χ0) is 12.9. The van der Waals surface area contributed by atoms with Crippen LogP contribution in [0.5, 0.6) is 0 Å². The van der Waals surface area contributed by atoms with Gasteiger partial charge in [0, 0.05) is 22.9 Å². The van der Waals surface area contributed by atoms with Crippen LogP contribution in [0.3, 0.4) is 0 Å². The Morgan fingerprint density at radius 3 is 2.59 bits per heavy atom. The minimum Gasteiger partial charge on any atom is -0.387 e. The van der Waals surface area contributed by atoms with E-state index in [2.05, 4.69) is 5.32 Å². The molecule has 0 aliphatic carbocycles. The van der Waals surface area contributed by atoms with Gasteiger partial charge in [-0.3, -0.25) is 4.79 Å². The van der Waals surface area contributed by atoms with Crippen molar-refractivity contribution in [1.29, 1.82) is 0 Å². The monoisotopic (exact) mass is 273 g/mol. The van der Waals surface area contributed by atoms with Crippen molar-refractivity contribution in [3.05, 3.63) is 34.9 Å². The fraction of sp³-hybridized carbons (Fsp3) is 0.417. The third-order valence-corrected chi connectivity index (χ3v) is 3.35. The lowest BCUT2D eigenvalue weighted by Crippen LogP contribution is -2.42. The van der Waals surface area contributed by atoms with Crippen molar-refractivity contribution in [1.82, 2.24) is 5.32 Å². The maximum atomic E-state index is 11.7. The third kappa shape index (κ3) is 4.98. The number of benzene rings is 1. The smallest absolute Gasteiger partial charge is 0.251 e. The first-order valence-electron chi connectivity index (χ1n) is 5.20. The molecular weight excluding hydrogens is 258 g/mol. The molecule has 0 unspecified atom stereocenters. The zero-order valence-electron chi connectivity index (χ0n) is 9.87. The standard InChI is InChI=1S/C12H16ClNO2S/c1-12(16,8-17-2)7-14-11(15)9-3-5-10(13)6-4-9/h3-6,16H,7-8H2,1-2H3,(H,14,15)/t12-/m1/s1. The first kappa shape index (κ1) is 14.4. The molecule has 1 atom stereocenters. The summed E-state index contributed by atoms with van der Waals surface area (Å²) in [6, 6.07) is 6.63. The van der Waals surface area contributed by atoms with Crippen molar-refractivity contribution in [3.8, 4) is 0 Å². The van der Waals surface area contributed by atoms with Crippen LogP contribution in [0.4, 0.5) is 0 Å². The van der Waals surface area contributed by atoms with E-state index in [0.717, 1.165) is 0 Å². The van der Waals surface area contributed by atoms with E-state index in [1.165, 1.54) is 11.8 Å². The molecule has 0 heterocycles. The van der Waals surface area contributed by atoms with Crippen LogP contribution in [-0.4, -0.2) is 35.2 Å². The summed E-state index contributed by atoms with van der Waals surface area (Å²) in [5.74, 6) is 0.372. The molecular formula is C12H16ClNO2S. The minimum absolute atomic E-state index is 0.206. The van der Waals surface area contributed by atoms with Gasteiger partial charge in [0.05, 0.1) is 5.60 Å². The first-order valence-corrected chi connectivity index (χ1v) is 6.97. The van der Waals surface area contributed by atoms with Crippen LogP contribution >= 0.6 is 23.4 Å². The second kappa shape index (κ2) is 6.28. The summed E-state index contributed by atoms with van der Waals surface area (Å²) in [7, 11) is 0. The molecule has 1 amide bonds. The van der Waals surface area contributed by atoms with Gasteiger partial charge >= 0.3 is 0 Å². The van der Waals surface area contributed by atoms with Crippen LogP contribution in [-0.2, 0) is 0 Å². The summed E-state index contributed by atoms with van der Waals surface area (Å²) in [5, 5.41) is 13.2. The van der Waals surface area contributed by atoms with E-state index in [-0.39, 0.29) is 12.5 Å². The van der Waals surface area contributed by atoms with Crippen molar-refractivity contribution in [2.45, 2.75) is 12.5 Å². The molecule has 0 saturated heterocycles. The van der Waals surface area contributed by atoms with Crippen molar-refractivity contribution in [3.63, 3.8) is 0 Å². The largest absolute Gasteiger partial charge is 0.387 e. The molecule has 0 fully saturated rings. The molecule has 1 rings (SSSR count). The Morgan fingerprint density at radius 2 is 2.06 bits per heavy atom. The molecule has 17 heavy (non-hydrogen) atoms. The highest BCUT2D eigenvalue weighted by Crippen LogP contribution is 2.11.